The molecule has 21 heavy (non-hydrogen) atoms. The zero-order valence-corrected chi connectivity index (χ0v) is 12.7. The van der Waals surface area contributed by atoms with Crippen molar-refractivity contribution in [2.75, 3.05) is 0 Å². The molecule has 0 amide bonds. The van der Waals surface area contributed by atoms with Crippen molar-refractivity contribution < 1.29 is 9.53 Å². The Bertz CT molecular complexity index is 591. The first-order valence-electron chi connectivity index (χ1n) is 6.97. The first-order valence-corrected chi connectivity index (χ1v) is 6.97. The van der Waals surface area contributed by atoms with Crippen LogP contribution in [0.3, 0.4) is 0 Å². The summed E-state index contributed by atoms with van der Waals surface area (Å²) in [5.74, 6) is -0.374. The lowest BCUT2D eigenvalue weighted by atomic mass is 9.99. The SMILES string of the molecule is C=C(C)C(=O)OC(c1ccc(C)cc1)c1ccc(C)cc1. The highest BCUT2D eigenvalue weighted by Crippen LogP contribution is 2.27. The first kappa shape index (κ1) is 15.0. The molecule has 0 heterocycles. The fraction of sp³-hybridized carbons (Fsp3) is 0.211. The Morgan fingerprint density at radius 3 is 1.62 bits per heavy atom. The third kappa shape index (κ3) is 3.82. The lowest BCUT2D eigenvalue weighted by Gasteiger charge is -2.19. The molecule has 2 heteroatoms. The number of rotatable bonds is 4. The minimum atomic E-state index is -0.407. The van der Waals surface area contributed by atoms with E-state index in [1.807, 2.05) is 62.4 Å². The summed E-state index contributed by atoms with van der Waals surface area (Å²) in [5, 5.41) is 0. The van der Waals surface area contributed by atoms with Gasteiger partial charge in [0, 0.05) is 5.57 Å². The highest BCUT2D eigenvalue weighted by Gasteiger charge is 2.19. The summed E-state index contributed by atoms with van der Waals surface area (Å²) in [6.45, 7) is 9.37. The van der Waals surface area contributed by atoms with Gasteiger partial charge in [-0.05, 0) is 31.9 Å². The molecular weight excluding hydrogens is 260 g/mol. The normalized spacial score (nSPS) is 10.5. The van der Waals surface area contributed by atoms with Crippen molar-refractivity contribution in [2.45, 2.75) is 26.9 Å². The molecule has 0 bridgehead atoms. The summed E-state index contributed by atoms with van der Waals surface area (Å²) in [5.41, 5.74) is 4.66. The van der Waals surface area contributed by atoms with Crippen LogP contribution in [0.25, 0.3) is 0 Å². The summed E-state index contributed by atoms with van der Waals surface area (Å²) in [7, 11) is 0. The monoisotopic (exact) mass is 280 g/mol. The highest BCUT2D eigenvalue weighted by molar-refractivity contribution is 5.87. The molecule has 0 aliphatic rings. The van der Waals surface area contributed by atoms with Gasteiger partial charge in [0.1, 0.15) is 0 Å². The van der Waals surface area contributed by atoms with Crippen LogP contribution in [0.5, 0.6) is 0 Å². The Morgan fingerprint density at radius 1 is 0.905 bits per heavy atom. The van der Waals surface area contributed by atoms with E-state index in [4.69, 9.17) is 4.74 Å². The predicted molar refractivity (Wildman–Crippen MR) is 85.1 cm³/mol. The average molecular weight is 280 g/mol. The molecule has 0 N–H and O–H groups in total. The van der Waals surface area contributed by atoms with E-state index >= 15 is 0 Å². The van der Waals surface area contributed by atoms with Crippen LogP contribution in [-0.4, -0.2) is 5.97 Å². The summed E-state index contributed by atoms with van der Waals surface area (Å²) in [6, 6.07) is 16.0. The molecule has 0 unspecified atom stereocenters. The van der Waals surface area contributed by atoms with Gasteiger partial charge in [-0.2, -0.15) is 0 Å². The van der Waals surface area contributed by atoms with E-state index in [1.165, 1.54) is 11.1 Å². The van der Waals surface area contributed by atoms with Gasteiger partial charge in [-0.25, -0.2) is 4.79 Å². The van der Waals surface area contributed by atoms with Gasteiger partial charge < -0.3 is 4.74 Å². The molecular formula is C19H20O2. The number of aryl methyl sites for hydroxylation is 2. The Balaban J connectivity index is 2.38. The summed E-state index contributed by atoms with van der Waals surface area (Å²) in [4.78, 5) is 11.9. The molecule has 2 rings (SSSR count). The van der Waals surface area contributed by atoms with Crippen molar-refractivity contribution in [3.63, 3.8) is 0 Å². The van der Waals surface area contributed by atoms with Crippen LogP contribution in [-0.2, 0) is 9.53 Å². The van der Waals surface area contributed by atoms with Crippen LogP contribution in [0.2, 0.25) is 0 Å². The second-order valence-electron chi connectivity index (χ2n) is 5.39. The Labute approximate surface area is 126 Å². The predicted octanol–water partition coefficient (Wildman–Crippen LogP) is 4.51. The number of carbonyl (C=O) groups excluding carboxylic acids is 1. The third-order valence-electron chi connectivity index (χ3n) is 3.33. The Hall–Kier alpha value is -2.35. The van der Waals surface area contributed by atoms with Gasteiger partial charge in [0.15, 0.2) is 6.10 Å². The van der Waals surface area contributed by atoms with E-state index < -0.39 is 6.10 Å². The van der Waals surface area contributed by atoms with Gasteiger partial charge in [0.05, 0.1) is 0 Å². The summed E-state index contributed by atoms with van der Waals surface area (Å²) >= 11 is 0. The average Bonchev–Trinajstić information content (AvgIpc) is 2.46. The molecule has 0 aliphatic carbocycles. The Morgan fingerprint density at radius 2 is 1.29 bits per heavy atom. The van der Waals surface area contributed by atoms with E-state index in [0.29, 0.717) is 5.57 Å². The van der Waals surface area contributed by atoms with Crippen molar-refractivity contribution in [2.24, 2.45) is 0 Å². The molecule has 2 aromatic carbocycles. The van der Waals surface area contributed by atoms with Crippen molar-refractivity contribution in [1.29, 1.82) is 0 Å². The quantitative estimate of drug-likeness (QED) is 0.608. The van der Waals surface area contributed by atoms with Gasteiger partial charge in [-0.3, -0.25) is 0 Å². The van der Waals surface area contributed by atoms with Crippen molar-refractivity contribution in [3.8, 4) is 0 Å². The van der Waals surface area contributed by atoms with Gasteiger partial charge in [0.25, 0.3) is 0 Å². The van der Waals surface area contributed by atoms with Crippen LogP contribution in [0.4, 0.5) is 0 Å². The molecule has 0 aliphatic heterocycles. The largest absolute Gasteiger partial charge is 0.449 e. The van der Waals surface area contributed by atoms with Crippen LogP contribution >= 0.6 is 0 Å². The maximum Gasteiger partial charge on any atom is 0.334 e. The lowest BCUT2D eigenvalue weighted by Crippen LogP contribution is -2.13. The maximum absolute atomic E-state index is 11.9. The highest BCUT2D eigenvalue weighted by atomic mass is 16.5. The molecule has 108 valence electrons. The zero-order valence-electron chi connectivity index (χ0n) is 12.7. The molecule has 0 aromatic heterocycles. The van der Waals surface area contributed by atoms with Gasteiger partial charge in [-0.1, -0.05) is 66.2 Å². The molecule has 0 fully saturated rings. The Kier molecular flexibility index (Phi) is 4.59. The van der Waals surface area contributed by atoms with Gasteiger partial charge in [-0.15, -0.1) is 0 Å². The minimum absolute atomic E-state index is 0.374. The third-order valence-corrected chi connectivity index (χ3v) is 3.33. The molecule has 2 nitrogen and oxygen atoms in total. The molecule has 0 saturated heterocycles. The number of hydrogen-bond donors (Lipinski definition) is 0. The minimum Gasteiger partial charge on any atom is -0.449 e. The number of esters is 1. The molecule has 0 spiro atoms. The lowest BCUT2D eigenvalue weighted by molar-refractivity contribution is -0.142. The van der Waals surface area contributed by atoms with E-state index in [0.717, 1.165) is 11.1 Å². The number of benzene rings is 2. The van der Waals surface area contributed by atoms with Crippen molar-refractivity contribution in [3.05, 3.63) is 82.9 Å². The fourth-order valence-corrected chi connectivity index (χ4v) is 2.02. The second kappa shape index (κ2) is 6.40. The van der Waals surface area contributed by atoms with Crippen LogP contribution in [0.1, 0.15) is 35.3 Å². The van der Waals surface area contributed by atoms with E-state index in [-0.39, 0.29) is 5.97 Å². The standard InChI is InChI=1S/C19H20O2/c1-13(2)19(20)21-18(16-9-5-14(3)6-10-16)17-11-7-15(4)8-12-17/h5-12,18H,1H2,2-4H3. The van der Waals surface area contributed by atoms with E-state index in [1.54, 1.807) is 6.92 Å². The second-order valence-corrected chi connectivity index (χ2v) is 5.39. The van der Waals surface area contributed by atoms with Crippen LogP contribution < -0.4 is 0 Å². The van der Waals surface area contributed by atoms with E-state index in [2.05, 4.69) is 6.58 Å². The number of hydrogen-bond acceptors (Lipinski definition) is 2. The van der Waals surface area contributed by atoms with Gasteiger partial charge in [0.2, 0.25) is 0 Å². The fourth-order valence-electron chi connectivity index (χ4n) is 2.02. The summed E-state index contributed by atoms with van der Waals surface area (Å²) < 4.78 is 5.63. The number of carbonyl (C=O) groups is 1. The zero-order chi connectivity index (χ0) is 15.4. The van der Waals surface area contributed by atoms with Crippen LogP contribution in [0, 0.1) is 13.8 Å². The van der Waals surface area contributed by atoms with Crippen molar-refractivity contribution >= 4 is 5.97 Å². The van der Waals surface area contributed by atoms with E-state index in [9.17, 15) is 4.79 Å². The number of ether oxygens (including phenoxy) is 1. The molecule has 2 aromatic rings. The topological polar surface area (TPSA) is 26.3 Å². The van der Waals surface area contributed by atoms with Crippen molar-refractivity contribution in [1.82, 2.24) is 0 Å². The van der Waals surface area contributed by atoms with Crippen LogP contribution in [0.15, 0.2) is 60.7 Å². The maximum atomic E-state index is 11.9. The first-order chi connectivity index (χ1) is 9.97. The smallest absolute Gasteiger partial charge is 0.334 e. The molecule has 0 radical (unpaired) electrons. The summed E-state index contributed by atoms with van der Waals surface area (Å²) in [6.07, 6.45) is -0.407. The molecule has 0 atom stereocenters. The molecule has 0 saturated carbocycles. The van der Waals surface area contributed by atoms with Gasteiger partial charge >= 0.3 is 5.97 Å².